The van der Waals surface area contributed by atoms with E-state index in [2.05, 4.69) is 10.0 Å². The van der Waals surface area contributed by atoms with Crippen LogP contribution in [0.2, 0.25) is 0 Å². The molecule has 0 aliphatic carbocycles. The van der Waals surface area contributed by atoms with Crippen molar-refractivity contribution >= 4 is 27.5 Å². The number of carbonyl (C=O) groups excluding carboxylic acids is 2. The van der Waals surface area contributed by atoms with Crippen LogP contribution in [0.3, 0.4) is 0 Å². The van der Waals surface area contributed by atoms with Crippen LogP contribution in [0, 0.1) is 11.6 Å². The van der Waals surface area contributed by atoms with E-state index in [1.165, 1.54) is 53.4 Å². The Morgan fingerprint density at radius 1 is 0.891 bits per heavy atom. The average molecular weight is 650 g/mol. The van der Waals surface area contributed by atoms with Gasteiger partial charge in [-0.15, -0.1) is 0 Å². The fraction of sp³-hybridized carbons (Fsp3) is 0.235. The van der Waals surface area contributed by atoms with Gasteiger partial charge in [0.1, 0.15) is 23.4 Å². The highest BCUT2D eigenvalue weighted by atomic mass is 32.2. The molecule has 2 atom stereocenters. The van der Waals surface area contributed by atoms with Gasteiger partial charge in [-0.25, -0.2) is 17.2 Å². The molecule has 0 aromatic heterocycles. The predicted molar refractivity (Wildman–Crippen MR) is 167 cm³/mol. The van der Waals surface area contributed by atoms with Gasteiger partial charge in [0, 0.05) is 25.4 Å². The van der Waals surface area contributed by atoms with Crippen molar-refractivity contribution in [2.75, 3.05) is 24.5 Å². The van der Waals surface area contributed by atoms with Crippen molar-refractivity contribution in [3.05, 3.63) is 126 Å². The van der Waals surface area contributed by atoms with Crippen LogP contribution in [0.5, 0.6) is 5.75 Å². The Bertz CT molecular complexity index is 1720. The van der Waals surface area contributed by atoms with Crippen LogP contribution < -0.4 is 14.8 Å². The number of nitrogens with zero attached hydrogens (tertiary/aromatic N) is 1. The molecular formula is C34H33F2N3O6S. The third-order valence-corrected chi connectivity index (χ3v) is 8.78. The molecule has 0 spiro atoms. The second-order valence-electron chi connectivity index (χ2n) is 10.7. The zero-order chi connectivity index (χ0) is 32.5. The summed E-state index contributed by atoms with van der Waals surface area (Å²) >= 11 is 0. The minimum atomic E-state index is -3.97. The molecule has 2 N–H and O–H groups in total. The van der Waals surface area contributed by atoms with E-state index in [0.717, 1.165) is 25.0 Å². The van der Waals surface area contributed by atoms with Crippen molar-refractivity contribution in [3.63, 3.8) is 0 Å². The molecule has 0 bridgehead atoms. The zero-order valence-electron chi connectivity index (χ0n) is 24.8. The molecule has 1 aliphatic heterocycles. The largest absolute Gasteiger partial charge is 0.484 e. The maximum atomic E-state index is 13.8. The fourth-order valence-corrected chi connectivity index (χ4v) is 6.07. The summed E-state index contributed by atoms with van der Waals surface area (Å²) < 4.78 is 66.2. The summed E-state index contributed by atoms with van der Waals surface area (Å²) in [5, 5.41) is 2.93. The number of benzene rings is 4. The monoisotopic (exact) mass is 649 g/mol. The Kier molecular flexibility index (Phi) is 10.6. The van der Waals surface area contributed by atoms with E-state index >= 15 is 0 Å². The van der Waals surface area contributed by atoms with Gasteiger partial charge in [0.05, 0.1) is 11.0 Å². The van der Waals surface area contributed by atoms with Gasteiger partial charge < -0.3 is 19.7 Å². The average Bonchev–Trinajstić information content (AvgIpc) is 3.59. The lowest BCUT2D eigenvalue weighted by Crippen LogP contribution is -2.46. The van der Waals surface area contributed by atoms with E-state index in [1.807, 2.05) is 0 Å². The lowest BCUT2D eigenvalue weighted by molar-refractivity contribution is -0.143. The van der Waals surface area contributed by atoms with Gasteiger partial charge in [0.25, 0.3) is 15.9 Å². The summed E-state index contributed by atoms with van der Waals surface area (Å²) in [6, 6.07) is 23.8. The smallest absolute Gasteiger partial charge is 0.261 e. The summed E-state index contributed by atoms with van der Waals surface area (Å²) in [5.41, 5.74) is 1.37. The molecule has 4 aromatic rings. The minimum Gasteiger partial charge on any atom is -0.484 e. The first-order valence-corrected chi connectivity index (χ1v) is 16.2. The van der Waals surface area contributed by atoms with Crippen LogP contribution in [0.1, 0.15) is 30.0 Å². The molecule has 9 nitrogen and oxygen atoms in total. The summed E-state index contributed by atoms with van der Waals surface area (Å²) in [6.45, 7) is 0.445. The first-order chi connectivity index (χ1) is 22.2. The van der Waals surface area contributed by atoms with Crippen LogP contribution in [-0.2, 0) is 30.9 Å². The molecule has 0 radical (unpaired) electrons. The molecule has 12 heteroatoms. The minimum absolute atomic E-state index is 0.0123. The number of carbonyl (C=O) groups is 2. The molecule has 1 saturated heterocycles. The van der Waals surface area contributed by atoms with Crippen LogP contribution >= 0.6 is 0 Å². The molecule has 240 valence electrons. The number of rotatable bonds is 13. The number of sulfonamides is 1. The van der Waals surface area contributed by atoms with E-state index in [0.29, 0.717) is 24.3 Å². The van der Waals surface area contributed by atoms with Crippen molar-refractivity contribution in [1.82, 2.24) is 10.2 Å². The van der Waals surface area contributed by atoms with E-state index in [9.17, 15) is 26.8 Å². The molecule has 1 heterocycles. The Balaban J connectivity index is 1.33. The fourth-order valence-electron chi connectivity index (χ4n) is 5.01. The number of hydrogen-bond acceptors (Lipinski definition) is 6. The Morgan fingerprint density at radius 2 is 1.54 bits per heavy atom. The number of hydrogen-bond donors (Lipinski definition) is 2. The SMILES string of the molecule is O=C(NC[C@H]1CCCO1)[C@@H](c1ccccc1)N(Cc1ccc(F)cc1)C(=O)COc1ccc(S(=O)(=O)Nc2ccc(F)cc2)cc1. The Labute approximate surface area is 266 Å². The van der Waals surface area contributed by atoms with E-state index in [1.54, 1.807) is 42.5 Å². The second kappa shape index (κ2) is 15.0. The quantitative estimate of drug-likeness (QED) is 0.206. The van der Waals surface area contributed by atoms with Gasteiger partial charge in [-0.05, 0) is 84.6 Å². The van der Waals surface area contributed by atoms with Crippen LogP contribution in [-0.4, -0.2) is 51.0 Å². The molecule has 5 rings (SSSR count). The number of ether oxygens (including phenoxy) is 2. The molecular weight excluding hydrogens is 616 g/mol. The van der Waals surface area contributed by atoms with Crippen molar-refractivity contribution < 1.29 is 36.3 Å². The van der Waals surface area contributed by atoms with Gasteiger partial charge in [-0.1, -0.05) is 42.5 Å². The molecule has 1 fully saturated rings. The standard InChI is InChI=1S/C34H33F2N3O6S/c35-26-10-8-24(9-11-26)22-39(33(25-5-2-1-3-6-25)34(41)37-21-30-7-4-20-44-30)32(40)23-45-29-16-18-31(19-17-29)46(42,43)38-28-14-12-27(36)13-15-28/h1-3,5-6,8-19,30,33,38H,4,7,20-23H2,(H,37,41)/t30-,33-/m1/s1. The molecule has 0 unspecified atom stereocenters. The third-order valence-electron chi connectivity index (χ3n) is 7.38. The first-order valence-electron chi connectivity index (χ1n) is 14.7. The number of nitrogens with one attached hydrogen (secondary N) is 2. The van der Waals surface area contributed by atoms with Gasteiger partial charge in [0.2, 0.25) is 5.91 Å². The van der Waals surface area contributed by atoms with Crippen molar-refractivity contribution in [2.24, 2.45) is 0 Å². The van der Waals surface area contributed by atoms with Crippen LogP contribution in [0.4, 0.5) is 14.5 Å². The van der Waals surface area contributed by atoms with E-state index in [-0.39, 0.29) is 29.0 Å². The molecule has 46 heavy (non-hydrogen) atoms. The third kappa shape index (κ3) is 8.67. The lowest BCUT2D eigenvalue weighted by atomic mass is 10.0. The van der Waals surface area contributed by atoms with E-state index in [4.69, 9.17) is 9.47 Å². The summed E-state index contributed by atoms with van der Waals surface area (Å²) in [5.74, 6) is -1.64. The topological polar surface area (TPSA) is 114 Å². The van der Waals surface area contributed by atoms with Crippen LogP contribution in [0.15, 0.2) is 108 Å². The Hall–Kier alpha value is -4.81. The van der Waals surface area contributed by atoms with Gasteiger partial charge in [-0.2, -0.15) is 0 Å². The van der Waals surface area contributed by atoms with Gasteiger partial charge >= 0.3 is 0 Å². The van der Waals surface area contributed by atoms with Gasteiger partial charge in [-0.3, -0.25) is 14.3 Å². The maximum Gasteiger partial charge on any atom is 0.261 e. The summed E-state index contributed by atoms with van der Waals surface area (Å²) in [4.78, 5) is 28.8. The molecule has 2 amide bonds. The van der Waals surface area contributed by atoms with E-state index < -0.39 is 46.1 Å². The Morgan fingerprint density at radius 3 is 2.17 bits per heavy atom. The predicted octanol–water partition coefficient (Wildman–Crippen LogP) is 5.21. The summed E-state index contributed by atoms with van der Waals surface area (Å²) in [7, 11) is -3.97. The lowest BCUT2D eigenvalue weighted by Gasteiger charge is -2.32. The maximum absolute atomic E-state index is 13.8. The number of halogens is 2. The van der Waals surface area contributed by atoms with Gasteiger partial charge in [0.15, 0.2) is 6.61 Å². The highest BCUT2D eigenvalue weighted by Gasteiger charge is 2.32. The van der Waals surface area contributed by atoms with Crippen LogP contribution in [0.25, 0.3) is 0 Å². The summed E-state index contributed by atoms with van der Waals surface area (Å²) in [6.07, 6.45) is 1.63. The zero-order valence-corrected chi connectivity index (χ0v) is 25.6. The first kappa shape index (κ1) is 32.6. The van der Waals surface area contributed by atoms with Crippen molar-refractivity contribution in [3.8, 4) is 5.75 Å². The van der Waals surface area contributed by atoms with Crippen molar-refractivity contribution in [2.45, 2.75) is 36.4 Å². The highest BCUT2D eigenvalue weighted by Crippen LogP contribution is 2.26. The number of anilines is 1. The molecule has 4 aromatic carbocycles. The highest BCUT2D eigenvalue weighted by molar-refractivity contribution is 7.92. The van der Waals surface area contributed by atoms with Crippen molar-refractivity contribution in [1.29, 1.82) is 0 Å². The second-order valence-corrected chi connectivity index (χ2v) is 12.4. The molecule has 1 aliphatic rings. The molecule has 0 saturated carbocycles. The number of amides is 2. The normalized spacial score (nSPS) is 15.1.